The highest BCUT2D eigenvalue weighted by molar-refractivity contribution is 5.67. The Bertz CT molecular complexity index is 801. The van der Waals surface area contributed by atoms with Gasteiger partial charge in [-0.05, 0) is 39.5 Å². The number of hydrogen-bond donors (Lipinski definition) is 5. The zero-order chi connectivity index (χ0) is 26.5. The van der Waals surface area contributed by atoms with Crippen LogP contribution in [0.25, 0.3) is 0 Å². The lowest BCUT2D eigenvalue weighted by Crippen LogP contribution is -2.48. The molecular weight excluding hydrogens is 444 g/mol. The molecule has 1 rings (SSSR count). The number of carboxylic acid groups (broad SMARTS) is 1. The van der Waals surface area contributed by atoms with Crippen molar-refractivity contribution in [2.75, 3.05) is 0 Å². The molecule has 7 N–H and O–H groups in total. The Morgan fingerprint density at radius 3 is 2.51 bits per heavy atom. The monoisotopic (exact) mass is 490 g/mol. The molecule has 0 aliphatic carbocycles. The van der Waals surface area contributed by atoms with Crippen LogP contribution in [0.1, 0.15) is 60.3 Å². The highest BCUT2D eigenvalue weighted by Gasteiger charge is 2.35. The van der Waals surface area contributed by atoms with Gasteiger partial charge in [0.2, 0.25) is 0 Å². The first-order valence-corrected chi connectivity index (χ1v) is 12.5. The molecule has 1 aliphatic rings. The Balaban J connectivity index is 2.57. The quantitative estimate of drug-likeness (QED) is 0.196. The van der Waals surface area contributed by atoms with Crippen molar-refractivity contribution >= 4 is 5.97 Å². The van der Waals surface area contributed by atoms with Crippen LogP contribution in [-0.2, 0) is 9.53 Å². The Morgan fingerprint density at radius 1 is 1.20 bits per heavy atom. The Hall–Kier alpha value is -2.03. The minimum absolute atomic E-state index is 0.0476. The van der Waals surface area contributed by atoms with Gasteiger partial charge >= 0.3 is 5.97 Å². The average Bonchev–Trinajstić information content (AvgIpc) is 2.74. The molecule has 1 aliphatic heterocycles. The summed E-state index contributed by atoms with van der Waals surface area (Å²) in [4.78, 5) is 10.7. The molecule has 4 unspecified atom stereocenters. The zero-order valence-corrected chi connectivity index (χ0v) is 21.9. The minimum atomic E-state index is -0.965. The van der Waals surface area contributed by atoms with Crippen LogP contribution in [0.2, 0.25) is 0 Å². The van der Waals surface area contributed by atoms with Crippen LogP contribution >= 0.6 is 0 Å². The van der Waals surface area contributed by atoms with Gasteiger partial charge in [0, 0.05) is 24.4 Å². The smallest absolute Gasteiger partial charge is 0.304 e. The van der Waals surface area contributed by atoms with Gasteiger partial charge in [-0.15, -0.1) is 0 Å². The number of ether oxygens (including phenoxy) is 1. The molecule has 1 saturated heterocycles. The Kier molecular flexibility index (Phi) is 14.0. The molecular formula is C28H46N2O5. The summed E-state index contributed by atoms with van der Waals surface area (Å²) in [5.74, 6) is -0.622. The van der Waals surface area contributed by atoms with Crippen LogP contribution in [0.15, 0.2) is 59.8 Å². The van der Waals surface area contributed by atoms with Crippen LogP contribution in [0.3, 0.4) is 0 Å². The highest BCUT2D eigenvalue weighted by atomic mass is 16.5. The van der Waals surface area contributed by atoms with E-state index in [9.17, 15) is 15.0 Å². The van der Waals surface area contributed by atoms with Gasteiger partial charge in [-0.1, -0.05) is 73.6 Å². The first-order valence-electron chi connectivity index (χ1n) is 12.5. The van der Waals surface area contributed by atoms with E-state index in [1.54, 1.807) is 6.08 Å². The molecule has 0 radical (unpaired) electrons. The number of nitrogens with two attached hydrogens (primary N) is 2. The van der Waals surface area contributed by atoms with Crippen molar-refractivity contribution in [1.29, 1.82) is 0 Å². The summed E-state index contributed by atoms with van der Waals surface area (Å²) in [6.45, 7) is 10.1. The molecule has 35 heavy (non-hydrogen) atoms. The first kappa shape index (κ1) is 31.0. The summed E-state index contributed by atoms with van der Waals surface area (Å²) in [5.41, 5.74) is 14.3. The summed E-state index contributed by atoms with van der Waals surface area (Å²) in [6.07, 6.45) is 15.4. The normalized spacial score (nSPS) is 28.0. The van der Waals surface area contributed by atoms with Gasteiger partial charge in [-0.25, -0.2) is 0 Å². The summed E-state index contributed by atoms with van der Waals surface area (Å²) in [5, 5.41) is 29.1. The Labute approximate surface area is 210 Å². The second-order valence-corrected chi connectivity index (χ2v) is 9.91. The van der Waals surface area contributed by atoms with Crippen LogP contribution < -0.4 is 11.5 Å². The van der Waals surface area contributed by atoms with E-state index in [-0.39, 0.29) is 37.0 Å². The van der Waals surface area contributed by atoms with Gasteiger partial charge in [-0.3, -0.25) is 4.79 Å². The molecule has 1 fully saturated rings. The number of carboxylic acids is 1. The lowest BCUT2D eigenvalue weighted by molar-refractivity contribution is -0.137. The van der Waals surface area contributed by atoms with E-state index in [1.165, 1.54) is 5.57 Å². The van der Waals surface area contributed by atoms with Crippen molar-refractivity contribution in [3.8, 4) is 0 Å². The van der Waals surface area contributed by atoms with Crippen LogP contribution in [-0.4, -0.2) is 57.8 Å². The van der Waals surface area contributed by atoms with Crippen LogP contribution in [0.4, 0.5) is 0 Å². The molecule has 0 amide bonds. The van der Waals surface area contributed by atoms with Gasteiger partial charge in [0.1, 0.15) is 0 Å². The number of aliphatic carboxylic acids is 1. The van der Waals surface area contributed by atoms with E-state index >= 15 is 0 Å². The predicted octanol–water partition coefficient (Wildman–Crippen LogP) is 3.63. The van der Waals surface area contributed by atoms with Gasteiger partial charge < -0.3 is 31.5 Å². The van der Waals surface area contributed by atoms with E-state index in [1.807, 2.05) is 57.2 Å². The average molecular weight is 491 g/mol. The molecule has 0 aromatic heterocycles. The summed E-state index contributed by atoms with van der Waals surface area (Å²) < 4.78 is 6.11. The van der Waals surface area contributed by atoms with Crippen molar-refractivity contribution in [2.45, 2.75) is 96.8 Å². The molecule has 0 bridgehead atoms. The maximum atomic E-state index is 10.7. The largest absolute Gasteiger partial charge is 0.481 e. The van der Waals surface area contributed by atoms with Crippen molar-refractivity contribution < 1.29 is 24.9 Å². The molecule has 0 spiro atoms. The first-order chi connectivity index (χ1) is 16.4. The second-order valence-electron chi connectivity index (χ2n) is 9.91. The molecule has 7 heteroatoms. The third-order valence-electron chi connectivity index (χ3n) is 6.21. The number of allylic oxidation sites excluding steroid dienone is 7. The predicted molar refractivity (Wildman–Crippen MR) is 142 cm³/mol. The van der Waals surface area contributed by atoms with Crippen molar-refractivity contribution in [3.63, 3.8) is 0 Å². The number of hydrogen-bond acceptors (Lipinski definition) is 6. The van der Waals surface area contributed by atoms with Crippen LogP contribution in [0.5, 0.6) is 0 Å². The van der Waals surface area contributed by atoms with Gasteiger partial charge in [0.25, 0.3) is 0 Å². The third kappa shape index (κ3) is 12.5. The topological polar surface area (TPSA) is 139 Å². The fraction of sp³-hybridized carbons (Fsp3) is 0.607. The number of aliphatic hydroxyl groups is 2. The Morgan fingerprint density at radius 2 is 1.89 bits per heavy atom. The molecule has 198 valence electrons. The molecule has 0 aromatic carbocycles. The maximum absolute atomic E-state index is 10.7. The summed E-state index contributed by atoms with van der Waals surface area (Å²) in [7, 11) is 0. The molecule has 7 nitrogen and oxygen atoms in total. The van der Waals surface area contributed by atoms with E-state index in [4.69, 9.17) is 21.3 Å². The minimum Gasteiger partial charge on any atom is -0.481 e. The highest BCUT2D eigenvalue weighted by Crippen LogP contribution is 2.28. The van der Waals surface area contributed by atoms with E-state index in [2.05, 4.69) is 19.9 Å². The number of rotatable bonds is 13. The zero-order valence-electron chi connectivity index (χ0n) is 21.9. The third-order valence-corrected chi connectivity index (χ3v) is 6.21. The van der Waals surface area contributed by atoms with Crippen molar-refractivity contribution in [2.24, 2.45) is 23.3 Å². The molecule has 1 heterocycles. The van der Waals surface area contributed by atoms with Gasteiger partial charge in [-0.2, -0.15) is 0 Å². The summed E-state index contributed by atoms with van der Waals surface area (Å²) in [6, 6.07) is -0.870. The van der Waals surface area contributed by atoms with E-state index < -0.39 is 24.2 Å². The second kappa shape index (κ2) is 15.9. The fourth-order valence-electron chi connectivity index (χ4n) is 4.28. The lowest BCUT2D eigenvalue weighted by atomic mass is 9.88. The van der Waals surface area contributed by atoms with Crippen LogP contribution in [0, 0.1) is 11.8 Å². The number of aliphatic hydroxyl groups excluding tert-OH is 2. The van der Waals surface area contributed by atoms with E-state index in [0.717, 1.165) is 12.0 Å². The summed E-state index contributed by atoms with van der Waals surface area (Å²) >= 11 is 0. The van der Waals surface area contributed by atoms with E-state index in [0.29, 0.717) is 12.3 Å². The van der Waals surface area contributed by atoms with Gasteiger partial charge in [0.05, 0.1) is 30.8 Å². The van der Waals surface area contributed by atoms with Crippen molar-refractivity contribution in [1.82, 2.24) is 0 Å². The number of carbonyl (C=O) groups is 1. The lowest BCUT2D eigenvalue weighted by Gasteiger charge is -2.38. The molecule has 8 atom stereocenters. The standard InChI is InChI=1S/C28H46N2O5/c1-6-8-26-21(5)25(32)17-27(35-26)24(30)10-7-9-18(2)13-20(4)14-19(3)11-12-23(31)15-22(29)16-28(33)34/h6-12,14,20-27,31-32H,13,15-17,29-30H2,1-5H3,(H,33,34)/b8-6+,10-7+,12-11+,18-9+,19-14-/t20?,21-,22?,23?,24?,25+,26-,27-/m0/s1. The molecule has 0 aromatic rings. The maximum Gasteiger partial charge on any atom is 0.304 e. The SMILES string of the molecule is C/C=C/[C@@H]1O[C@H](C(N)/C=C/C=C(\C)CC(C)/C=C(C)\C=C\C(O)CC(N)CC(=O)O)C[C@@H](O)[C@@H]1C. The van der Waals surface area contributed by atoms with Crippen molar-refractivity contribution in [3.05, 3.63) is 59.8 Å². The molecule has 0 saturated carbocycles. The fourth-order valence-corrected chi connectivity index (χ4v) is 4.28. The van der Waals surface area contributed by atoms with Gasteiger partial charge in [0.15, 0.2) is 0 Å².